The fraction of sp³-hybridized carbons (Fsp3) is 0. The number of nitrogens with zero attached hydrogens (tertiary/aromatic N) is 2. The molecular formula is C7H6N2O4. The van der Waals surface area contributed by atoms with Crippen molar-refractivity contribution in [1.29, 1.82) is 0 Å². The number of rotatable bonds is 2. The van der Waals surface area contributed by atoms with Crippen LogP contribution in [0, 0.1) is 10.1 Å². The zero-order valence-corrected chi connectivity index (χ0v) is 6.41. The highest BCUT2D eigenvalue weighted by atomic mass is 16.6. The molecule has 0 amide bonds. The number of hydrogen-bond donors (Lipinski definition) is 2. The van der Waals surface area contributed by atoms with Crippen LogP contribution in [0.1, 0.15) is 5.56 Å². The maximum Gasteiger partial charge on any atom is 0.273 e. The van der Waals surface area contributed by atoms with Gasteiger partial charge < -0.3 is 10.3 Å². The van der Waals surface area contributed by atoms with Crippen LogP contribution in [0.4, 0.5) is 5.69 Å². The molecule has 0 aliphatic heterocycles. The van der Waals surface area contributed by atoms with E-state index < -0.39 is 4.92 Å². The lowest BCUT2D eigenvalue weighted by Crippen LogP contribution is -1.89. The standard InChI is InChI=1S/C7H6N2O4/c10-7-3-6(9(12)13)2-1-5(7)4-8-11/h1-4,10-11H/b8-4+. The van der Waals surface area contributed by atoms with Gasteiger partial charge in [0.05, 0.1) is 17.2 Å². The van der Waals surface area contributed by atoms with E-state index in [-0.39, 0.29) is 17.0 Å². The second-order valence-corrected chi connectivity index (χ2v) is 2.24. The lowest BCUT2D eigenvalue weighted by molar-refractivity contribution is -0.384. The molecule has 0 atom stereocenters. The van der Waals surface area contributed by atoms with Gasteiger partial charge in [-0.15, -0.1) is 0 Å². The zero-order valence-electron chi connectivity index (χ0n) is 6.41. The lowest BCUT2D eigenvalue weighted by Gasteiger charge is -1.96. The van der Waals surface area contributed by atoms with Crippen LogP contribution in [0.3, 0.4) is 0 Å². The highest BCUT2D eigenvalue weighted by Crippen LogP contribution is 2.21. The molecule has 1 aromatic rings. The van der Waals surface area contributed by atoms with Crippen LogP contribution in [0.2, 0.25) is 0 Å². The third-order valence-corrected chi connectivity index (χ3v) is 1.42. The number of non-ortho nitro benzene ring substituents is 1. The smallest absolute Gasteiger partial charge is 0.273 e. The molecule has 6 heteroatoms. The van der Waals surface area contributed by atoms with Crippen molar-refractivity contribution in [2.45, 2.75) is 0 Å². The Morgan fingerprint density at radius 2 is 2.23 bits per heavy atom. The summed E-state index contributed by atoms with van der Waals surface area (Å²) in [5.41, 5.74) is 0.000639. The molecule has 0 saturated carbocycles. The number of oxime groups is 1. The number of aromatic hydroxyl groups is 1. The largest absolute Gasteiger partial charge is 0.507 e. The van der Waals surface area contributed by atoms with Crippen LogP contribution in [0.5, 0.6) is 5.75 Å². The summed E-state index contributed by atoms with van der Waals surface area (Å²) >= 11 is 0. The summed E-state index contributed by atoms with van der Waals surface area (Å²) in [5, 5.41) is 30.2. The summed E-state index contributed by atoms with van der Waals surface area (Å²) in [6.45, 7) is 0. The Morgan fingerprint density at radius 1 is 1.54 bits per heavy atom. The van der Waals surface area contributed by atoms with E-state index in [1.54, 1.807) is 0 Å². The van der Waals surface area contributed by atoms with E-state index >= 15 is 0 Å². The molecule has 1 aromatic carbocycles. The van der Waals surface area contributed by atoms with Gasteiger partial charge in [-0.25, -0.2) is 0 Å². The van der Waals surface area contributed by atoms with Crippen molar-refractivity contribution in [3.63, 3.8) is 0 Å². The highest BCUT2D eigenvalue weighted by Gasteiger charge is 2.08. The molecule has 13 heavy (non-hydrogen) atoms. The van der Waals surface area contributed by atoms with Crippen LogP contribution in [0.15, 0.2) is 23.4 Å². The van der Waals surface area contributed by atoms with Gasteiger partial charge in [-0.05, 0) is 6.07 Å². The predicted molar refractivity (Wildman–Crippen MR) is 44.1 cm³/mol. The topological polar surface area (TPSA) is 96.0 Å². The van der Waals surface area contributed by atoms with Crippen molar-refractivity contribution in [3.8, 4) is 5.75 Å². The van der Waals surface area contributed by atoms with Gasteiger partial charge in [-0.2, -0.15) is 0 Å². The Kier molecular flexibility index (Phi) is 2.44. The molecule has 1 rings (SSSR count). The van der Waals surface area contributed by atoms with Crippen LogP contribution < -0.4 is 0 Å². The normalized spacial score (nSPS) is 10.5. The van der Waals surface area contributed by atoms with E-state index in [1.165, 1.54) is 12.1 Å². The van der Waals surface area contributed by atoms with Crippen molar-refractivity contribution >= 4 is 11.9 Å². The quantitative estimate of drug-likeness (QED) is 0.310. The van der Waals surface area contributed by atoms with Crippen LogP contribution in [-0.4, -0.2) is 21.5 Å². The molecule has 0 unspecified atom stereocenters. The Bertz CT molecular complexity index is 362. The number of benzene rings is 1. The molecule has 0 bridgehead atoms. The summed E-state index contributed by atoms with van der Waals surface area (Å²) in [7, 11) is 0. The number of phenols is 1. The van der Waals surface area contributed by atoms with Gasteiger partial charge in [0.2, 0.25) is 0 Å². The number of nitro benzene ring substituents is 1. The summed E-state index contributed by atoms with van der Waals surface area (Å²) in [6.07, 6.45) is 0.985. The van der Waals surface area contributed by atoms with Crippen molar-refractivity contribution in [3.05, 3.63) is 33.9 Å². The number of nitro groups is 1. The number of phenolic OH excluding ortho intramolecular Hbond substituents is 1. The monoisotopic (exact) mass is 182 g/mol. The van der Waals surface area contributed by atoms with Gasteiger partial charge in [0.25, 0.3) is 5.69 Å². The van der Waals surface area contributed by atoms with Gasteiger partial charge in [-0.1, -0.05) is 5.16 Å². The fourth-order valence-corrected chi connectivity index (χ4v) is 0.817. The first-order valence-electron chi connectivity index (χ1n) is 3.30. The maximum absolute atomic E-state index is 10.2. The fourth-order valence-electron chi connectivity index (χ4n) is 0.817. The first-order valence-corrected chi connectivity index (χ1v) is 3.30. The van der Waals surface area contributed by atoms with Crippen molar-refractivity contribution in [2.24, 2.45) is 5.16 Å². The molecule has 0 fully saturated rings. The van der Waals surface area contributed by atoms with Crippen molar-refractivity contribution < 1.29 is 15.2 Å². The summed E-state index contributed by atoms with van der Waals surface area (Å²) in [4.78, 5) is 9.61. The molecule has 68 valence electrons. The maximum atomic E-state index is 10.2. The SMILES string of the molecule is O=[N+]([O-])c1ccc(/C=N/O)c(O)c1. The molecule has 0 aliphatic carbocycles. The van der Waals surface area contributed by atoms with E-state index in [2.05, 4.69) is 5.16 Å². The van der Waals surface area contributed by atoms with Gasteiger partial charge in [0.15, 0.2) is 0 Å². The zero-order chi connectivity index (χ0) is 9.84. The molecule has 0 radical (unpaired) electrons. The molecule has 0 saturated heterocycles. The highest BCUT2D eigenvalue weighted by molar-refractivity contribution is 5.83. The van der Waals surface area contributed by atoms with Crippen LogP contribution in [0.25, 0.3) is 0 Å². The van der Waals surface area contributed by atoms with E-state index in [0.717, 1.165) is 12.3 Å². The average molecular weight is 182 g/mol. The van der Waals surface area contributed by atoms with Crippen LogP contribution in [-0.2, 0) is 0 Å². The summed E-state index contributed by atoms with van der Waals surface area (Å²) < 4.78 is 0. The van der Waals surface area contributed by atoms with E-state index in [9.17, 15) is 10.1 Å². The minimum absolute atomic E-state index is 0.215. The Labute approximate surface area is 72.9 Å². The third-order valence-electron chi connectivity index (χ3n) is 1.42. The van der Waals surface area contributed by atoms with Gasteiger partial charge in [0, 0.05) is 11.6 Å². The predicted octanol–water partition coefficient (Wildman–Crippen LogP) is 1.11. The molecule has 6 nitrogen and oxygen atoms in total. The number of hydrogen-bond acceptors (Lipinski definition) is 5. The minimum Gasteiger partial charge on any atom is -0.507 e. The molecule has 2 N–H and O–H groups in total. The molecule has 0 heterocycles. The minimum atomic E-state index is -0.625. The molecule has 0 spiro atoms. The molecule has 0 aromatic heterocycles. The van der Waals surface area contributed by atoms with E-state index in [1.807, 2.05) is 0 Å². The second kappa shape index (κ2) is 3.53. The first-order chi connectivity index (χ1) is 6.15. The van der Waals surface area contributed by atoms with Crippen molar-refractivity contribution in [2.75, 3.05) is 0 Å². The Balaban J connectivity index is 3.12. The van der Waals surface area contributed by atoms with Gasteiger partial charge in [-0.3, -0.25) is 10.1 Å². The summed E-state index contributed by atoms with van der Waals surface area (Å²) in [5.74, 6) is -0.299. The second-order valence-electron chi connectivity index (χ2n) is 2.24. The first kappa shape index (κ1) is 8.98. The summed E-state index contributed by atoms with van der Waals surface area (Å²) in [6, 6.07) is 3.47. The molecular weight excluding hydrogens is 176 g/mol. The van der Waals surface area contributed by atoms with Crippen molar-refractivity contribution in [1.82, 2.24) is 0 Å². The van der Waals surface area contributed by atoms with Gasteiger partial charge in [0.1, 0.15) is 5.75 Å². The average Bonchev–Trinajstić information content (AvgIpc) is 2.08. The third kappa shape index (κ3) is 1.92. The Morgan fingerprint density at radius 3 is 2.69 bits per heavy atom. The lowest BCUT2D eigenvalue weighted by atomic mass is 10.2. The van der Waals surface area contributed by atoms with Gasteiger partial charge >= 0.3 is 0 Å². The molecule has 0 aliphatic rings. The van der Waals surface area contributed by atoms with E-state index in [4.69, 9.17) is 10.3 Å². The van der Waals surface area contributed by atoms with E-state index in [0.29, 0.717) is 0 Å². The Hall–Kier alpha value is -2.11. The van der Waals surface area contributed by atoms with Crippen LogP contribution >= 0.6 is 0 Å².